The van der Waals surface area contributed by atoms with E-state index in [4.69, 9.17) is 0 Å². The van der Waals surface area contributed by atoms with E-state index in [1.807, 2.05) is 0 Å². The summed E-state index contributed by atoms with van der Waals surface area (Å²) < 4.78 is 0. The standard InChI is InChI=1S/C22H18N2/c1-23-19-9-5-3-7-15(19)11-17-14-22-18(13-21(17)23)12-16-8-4-6-10-20(16)24(22)2/h3-14H,1-2H3. The van der Waals surface area contributed by atoms with Gasteiger partial charge in [0, 0.05) is 47.3 Å². The second-order valence-corrected chi connectivity index (χ2v) is 6.49. The molecule has 0 radical (unpaired) electrons. The zero-order valence-corrected chi connectivity index (χ0v) is 13.8. The van der Waals surface area contributed by atoms with Gasteiger partial charge in [-0.25, -0.2) is 0 Å². The quantitative estimate of drug-likeness (QED) is 0.627. The van der Waals surface area contributed by atoms with Gasteiger partial charge in [-0.05, 0) is 47.5 Å². The third kappa shape index (κ3) is 1.77. The SMILES string of the molecule is CN1c2ccccc2C=c2cc3c(cc21)=Cc1ccccc1N3C. The molecule has 116 valence electrons. The molecular formula is C22H18N2. The van der Waals surface area contributed by atoms with Gasteiger partial charge < -0.3 is 9.80 Å². The summed E-state index contributed by atoms with van der Waals surface area (Å²) in [6, 6.07) is 21.7. The van der Waals surface area contributed by atoms with E-state index >= 15 is 0 Å². The van der Waals surface area contributed by atoms with Crippen LogP contribution in [-0.2, 0) is 0 Å². The minimum Gasteiger partial charge on any atom is -0.344 e. The molecule has 0 unspecified atom stereocenters. The average Bonchev–Trinajstić information content (AvgIpc) is 2.62. The fraction of sp³-hybridized carbons (Fsp3) is 0.0909. The maximum Gasteiger partial charge on any atom is 0.0489 e. The molecule has 2 heterocycles. The first-order valence-corrected chi connectivity index (χ1v) is 8.25. The lowest BCUT2D eigenvalue weighted by molar-refractivity contribution is 1.14. The van der Waals surface area contributed by atoms with E-state index in [1.54, 1.807) is 0 Å². The van der Waals surface area contributed by atoms with Crippen LogP contribution in [0.25, 0.3) is 12.2 Å². The molecule has 3 aromatic rings. The van der Waals surface area contributed by atoms with Crippen LogP contribution >= 0.6 is 0 Å². The summed E-state index contributed by atoms with van der Waals surface area (Å²) in [5.74, 6) is 0. The van der Waals surface area contributed by atoms with Crippen LogP contribution in [0.4, 0.5) is 22.7 Å². The molecule has 0 N–H and O–H groups in total. The minimum absolute atomic E-state index is 1.26. The van der Waals surface area contributed by atoms with E-state index in [1.165, 1.54) is 44.3 Å². The highest BCUT2D eigenvalue weighted by Crippen LogP contribution is 2.32. The summed E-state index contributed by atoms with van der Waals surface area (Å²) in [4.78, 5) is 4.58. The van der Waals surface area contributed by atoms with Crippen molar-refractivity contribution in [1.29, 1.82) is 0 Å². The third-order valence-corrected chi connectivity index (χ3v) is 5.12. The molecule has 2 heteroatoms. The molecule has 0 bridgehead atoms. The van der Waals surface area contributed by atoms with Crippen LogP contribution in [-0.4, -0.2) is 14.1 Å². The van der Waals surface area contributed by atoms with Gasteiger partial charge in [-0.1, -0.05) is 36.4 Å². The average molecular weight is 310 g/mol. The molecule has 0 saturated heterocycles. The number of hydrogen-bond acceptors (Lipinski definition) is 2. The first-order chi connectivity index (χ1) is 11.7. The molecular weight excluding hydrogens is 292 g/mol. The number of para-hydroxylation sites is 2. The zero-order chi connectivity index (χ0) is 16.3. The molecule has 0 saturated carbocycles. The summed E-state index contributed by atoms with van der Waals surface area (Å²) in [5.41, 5.74) is 7.59. The summed E-state index contributed by atoms with van der Waals surface area (Å²) in [6.45, 7) is 0. The van der Waals surface area contributed by atoms with E-state index in [-0.39, 0.29) is 0 Å². The van der Waals surface area contributed by atoms with Crippen LogP contribution in [0.2, 0.25) is 0 Å². The van der Waals surface area contributed by atoms with Crippen molar-refractivity contribution >= 4 is 34.9 Å². The highest BCUT2D eigenvalue weighted by molar-refractivity contribution is 5.85. The lowest BCUT2D eigenvalue weighted by Gasteiger charge is -2.30. The molecule has 2 aliphatic heterocycles. The van der Waals surface area contributed by atoms with Gasteiger partial charge in [0.1, 0.15) is 0 Å². The molecule has 3 aromatic carbocycles. The van der Waals surface area contributed by atoms with Gasteiger partial charge in [0.15, 0.2) is 0 Å². The van der Waals surface area contributed by atoms with Crippen molar-refractivity contribution in [3.8, 4) is 0 Å². The molecule has 0 aliphatic carbocycles. The Hall–Kier alpha value is -3.00. The van der Waals surface area contributed by atoms with Gasteiger partial charge in [0.25, 0.3) is 0 Å². The molecule has 5 rings (SSSR count). The Balaban J connectivity index is 1.82. The first-order valence-electron chi connectivity index (χ1n) is 8.25. The molecule has 24 heavy (non-hydrogen) atoms. The Kier molecular flexibility index (Phi) is 2.66. The van der Waals surface area contributed by atoms with Crippen molar-refractivity contribution in [2.45, 2.75) is 0 Å². The summed E-state index contributed by atoms with van der Waals surface area (Å²) in [5, 5.41) is 2.55. The molecule has 2 aliphatic rings. The van der Waals surface area contributed by atoms with E-state index in [9.17, 15) is 0 Å². The first kappa shape index (κ1) is 13.4. The summed E-state index contributed by atoms with van der Waals surface area (Å²) in [7, 11) is 4.30. The van der Waals surface area contributed by atoms with Crippen LogP contribution in [0.1, 0.15) is 11.1 Å². The second kappa shape index (κ2) is 4.75. The number of hydrogen-bond donors (Lipinski definition) is 0. The van der Waals surface area contributed by atoms with E-state index in [0.29, 0.717) is 0 Å². The van der Waals surface area contributed by atoms with Gasteiger partial charge in [-0.3, -0.25) is 0 Å². The van der Waals surface area contributed by atoms with Crippen LogP contribution in [0, 0.1) is 0 Å². The number of nitrogens with zero attached hydrogens (tertiary/aromatic N) is 2. The fourth-order valence-corrected chi connectivity index (χ4v) is 3.85. The smallest absolute Gasteiger partial charge is 0.0489 e. The van der Waals surface area contributed by atoms with E-state index in [2.05, 4.69) is 96.7 Å². The number of rotatable bonds is 0. The molecule has 0 aromatic heterocycles. The lowest BCUT2D eigenvalue weighted by Crippen LogP contribution is -2.30. The van der Waals surface area contributed by atoms with Gasteiger partial charge in [-0.2, -0.15) is 0 Å². The van der Waals surface area contributed by atoms with Gasteiger partial charge >= 0.3 is 0 Å². The topological polar surface area (TPSA) is 6.48 Å². The normalized spacial score (nSPS) is 13.9. The summed E-state index contributed by atoms with van der Waals surface area (Å²) in [6.07, 6.45) is 4.58. The Labute approximate surface area is 141 Å². The second-order valence-electron chi connectivity index (χ2n) is 6.49. The molecule has 2 nitrogen and oxygen atoms in total. The Bertz CT molecular complexity index is 1010. The fourth-order valence-electron chi connectivity index (χ4n) is 3.85. The number of fused-ring (bicyclic) bond motifs is 4. The molecule has 0 spiro atoms. The molecule has 0 fully saturated rings. The highest BCUT2D eigenvalue weighted by atomic mass is 15.1. The van der Waals surface area contributed by atoms with E-state index < -0.39 is 0 Å². The predicted octanol–water partition coefficient (Wildman–Crippen LogP) is 3.51. The zero-order valence-electron chi connectivity index (χ0n) is 13.8. The number of anilines is 4. The van der Waals surface area contributed by atoms with Crippen LogP contribution in [0.5, 0.6) is 0 Å². The van der Waals surface area contributed by atoms with Gasteiger partial charge in [0.05, 0.1) is 0 Å². The van der Waals surface area contributed by atoms with Crippen LogP contribution in [0.15, 0.2) is 60.7 Å². The van der Waals surface area contributed by atoms with Crippen molar-refractivity contribution in [2.24, 2.45) is 0 Å². The maximum absolute atomic E-state index is 2.31. The maximum atomic E-state index is 2.31. The Morgan fingerprint density at radius 1 is 0.542 bits per heavy atom. The van der Waals surface area contributed by atoms with Crippen LogP contribution in [0.3, 0.4) is 0 Å². The van der Waals surface area contributed by atoms with Gasteiger partial charge in [0.2, 0.25) is 0 Å². The lowest BCUT2D eigenvalue weighted by atomic mass is 9.99. The van der Waals surface area contributed by atoms with Crippen molar-refractivity contribution in [3.05, 3.63) is 82.2 Å². The van der Waals surface area contributed by atoms with E-state index in [0.717, 1.165) is 0 Å². The van der Waals surface area contributed by atoms with Crippen molar-refractivity contribution in [3.63, 3.8) is 0 Å². The summed E-state index contributed by atoms with van der Waals surface area (Å²) >= 11 is 0. The molecule has 0 atom stereocenters. The molecule has 0 amide bonds. The minimum atomic E-state index is 1.26. The number of benzene rings is 3. The largest absolute Gasteiger partial charge is 0.344 e. The monoisotopic (exact) mass is 310 g/mol. The Morgan fingerprint density at radius 3 is 1.42 bits per heavy atom. The van der Waals surface area contributed by atoms with Crippen molar-refractivity contribution in [1.82, 2.24) is 0 Å². The Morgan fingerprint density at radius 2 is 0.958 bits per heavy atom. The third-order valence-electron chi connectivity index (χ3n) is 5.12. The van der Waals surface area contributed by atoms with Crippen LogP contribution < -0.4 is 20.2 Å². The highest BCUT2D eigenvalue weighted by Gasteiger charge is 2.19. The predicted molar refractivity (Wildman–Crippen MR) is 102 cm³/mol. The van der Waals surface area contributed by atoms with Gasteiger partial charge in [-0.15, -0.1) is 0 Å². The van der Waals surface area contributed by atoms with Crippen molar-refractivity contribution in [2.75, 3.05) is 23.9 Å². The van der Waals surface area contributed by atoms with Crippen molar-refractivity contribution < 1.29 is 0 Å².